The lowest BCUT2D eigenvalue weighted by molar-refractivity contribution is -0.161. The highest BCUT2D eigenvalue weighted by Gasteiger charge is 2.30. The molecular weight excluding hydrogens is 1330 g/mol. The minimum Gasteiger partial charge on any atom is -0.462 e. The quantitative estimate of drug-likeness (QED) is 0.0222. The van der Waals surface area contributed by atoms with E-state index in [1.54, 1.807) is 0 Å². The van der Waals surface area contributed by atoms with Crippen molar-refractivity contribution < 1.29 is 80.2 Å². The highest BCUT2D eigenvalue weighted by atomic mass is 31.2. The Bertz CT molecular complexity index is 1960. The van der Waals surface area contributed by atoms with Crippen LogP contribution in [0.1, 0.15) is 440 Å². The molecule has 0 aromatic rings. The summed E-state index contributed by atoms with van der Waals surface area (Å²) in [5.41, 5.74) is 0. The van der Waals surface area contributed by atoms with Gasteiger partial charge in [-0.25, -0.2) is 9.13 Å². The third-order valence-electron chi connectivity index (χ3n) is 19.8. The van der Waals surface area contributed by atoms with Crippen LogP contribution in [-0.2, 0) is 65.4 Å². The van der Waals surface area contributed by atoms with Crippen LogP contribution >= 0.6 is 15.6 Å². The smallest absolute Gasteiger partial charge is 0.462 e. The number of carbonyl (C=O) groups excluding carboxylic acids is 4. The number of rotatable bonds is 82. The predicted molar refractivity (Wildman–Crippen MR) is 418 cm³/mol. The van der Waals surface area contributed by atoms with Crippen LogP contribution in [0.2, 0.25) is 0 Å². The van der Waals surface area contributed by atoms with Crippen molar-refractivity contribution in [3.8, 4) is 0 Å². The minimum atomic E-state index is -4.96. The van der Waals surface area contributed by atoms with Gasteiger partial charge in [0.05, 0.1) is 26.4 Å². The fraction of sp³-hybridized carbons (Fsp3) is 0.952. The Kier molecular flexibility index (Phi) is 73.1. The molecule has 0 saturated carbocycles. The summed E-state index contributed by atoms with van der Waals surface area (Å²) in [7, 11) is -9.92. The van der Waals surface area contributed by atoms with Gasteiger partial charge in [0.25, 0.3) is 0 Å². The molecular formula is C83H162O17P2. The fourth-order valence-electron chi connectivity index (χ4n) is 12.9. The molecule has 0 saturated heterocycles. The first-order valence-corrected chi connectivity index (χ1v) is 46.0. The molecule has 0 amide bonds. The second-order valence-corrected chi connectivity index (χ2v) is 33.5. The van der Waals surface area contributed by atoms with Gasteiger partial charge in [-0.15, -0.1) is 0 Å². The van der Waals surface area contributed by atoms with Crippen LogP contribution in [0.3, 0.4) is 0 Å². The Morgan fingerprint density at radius 1 is 0.284 bits per heavy atom. The molecule has 0 aliphatic rings. The summed E-state index contributed by atoms with van der Waals surface area (Å²) in [5.74, 6) is -0.600. The Labute approximate surface area is 626 Å². The fourth-order valence-corrected chi connectivity index (χ4v) is 14.4. The second kappa shape index (κ2) is 74.5. The van der Waals surface area contributed by atoms with E-state index in [-0.39, 0.29) is 25.7 Å². The zero-order valence-electron chi connectivity index (χ0n) is 66.9. The standard InChI is InChI=1S/C83H162O17P2/c1-7-10-12-14-16-18-20-22-24-26-28-30-32-34-36-41-47-53-59-65-80(85)93-71-78(99-82(87)67-61-55-48-42-37-35-33-31-29-27-25-23-21-19-17-15-13-11-8-2)73-97-101(89,90)95-69-77(84)70-96-102(91,92)98-74-79(72-94-81(86)66-60-54-50-44-45-51-57-63-75(4)5)100-83(88)68-62-56-49-43-39-38-40-46-52-58-64-76(6)9-3/h75-79,84H,7-74H2,1-6H3,(H,89,90)(H,91,92)/t76?,77-,78-,79-/m1/s1. The van der Waals surface area contributed by atoms with Crippen molar-refractivity contribution in [3.05, 3.63) is 0 Å². The number of phosphoric ester groups is 2. The SMILES string of the molecule is CCCCCCCCCCCCCCCCCCCCCC(=O)OC[C@H](COP(=O)(O)OC[C@@H](O)COP(=O)(O)OC[C@@H](COC(=O)CCCCCCCCCC(C)C)OC(=O)CCCCCCCCCCCCC(C)CC)OC(=O)CCCCCCCCCCCCCCCCCCCCC. The maximum atomic E-state index is 13.1. The predicted octanol–water partition coefficient (Wildman–Crippen LogP) is 25.1. The first-order chi connectivity index (χ1) is 49.4. The number of esters is 4. The van der Waals surface area contributed by atoms with Gasteiger partial charge in [0.15, 0.2) is 12.2 Å². The number of carbonyl (C=O) groups is 4. The van der Waals surface area contributed by atoms with Crippen molar-refractivity contribution >= 4 is 39.5 Å². The van der Waals surface area contributed by atoms with Gasteiger partial charge in [-0.2, -0.15) is 0 Å². The number of unbranched alkanes of at least 4 members (excludes halogenated alkanes) is 51. The van der Waals surface area contributed by atoms with E-state index in [0.717, 1.165) is 102 Å². The number of ether oxygens (including phenoxy) is 4. The van der Waals surface area contributed by atoms with E-state index in [1.165, 1.54) is 250 Å². The van der Waals surface area contributed by atoms with Crippen molar-refractivity contribution in [2.75, 3.05) is 39.6 Å². The van der Waals surface area contributed by atoms with Crippen molar-refractivity contribution in [2.24, 2.45) is 11.8 Å². The molecule has 3 N–H and O–H groups in total. The zero-order chi connectivity index (χ0) is 74.9. The van der Waals surface area contributed by atoms with E-state index in [1.807, 2.05) is 0 Å². The Morgan fingerprint density at radius 3 is 0.745 bits per heavy atom. The van der Waals surface area contributed by atoms with Gasteiger partial charge in [0.2, 0.25) is 0 Å². The van der Waals surface area contributed by atoms with Crippen LogP contribution in [-0.4, -0.2) is 96.7 Å². The Morgan fingerprint density at radius 2 is 0.500 bits per heavy atom. The second-order valence-electron chi connectivity index (χ2n) is 30.6. The summed E-state index contributed by atoms with van der Waals surface area (Å²) in [6.45, 7) is 9.61. The lowest BCUT2D eigenvalue weighted by Crippen LogP contribution is -2.30. The summed E-state index contributed by atoms with van der Waals surface area (Å²) in [6, 6.07) is 0. The molecule has 0 bridgehead atoms. The van der Waals surface area contributed by atoms with Crippen LogP contribution in [0.15, 0.2) is 0 Å². The van der Waals surface area contributed by atoms with Crippen molar-refractivity contribution in [2.45, 2.75) is 458 Å². The topological polar surface area (TPSA) is 237 Å². The average molecular weight is 1490 g/mol. The van der Waals surface area contributed by atoms with Gasteiger partial charge in [0.1, 0.15) is 19.3 Å². The van der Waals surface area contributed by atoms with E-state index < -0.39 is 97.5 Å². The van der Waals surface area contributed by atoms with Gasteiger partial charge >= 0.3 is 39.5 Å². The van der Waals surface area contributed by atoms with Crippen LogP contribution < -0.4 is 0 Å². The molecule has 0 radical (unpaired) electrons. The van der Waals surface area contributed by atoms with Gasteiger partial charge in [-0.3, -0.25) is 37.3 Å². The highest BCUT2D eigenvalue weighted by Crippen LogP contribution is 2.45. The molecule has 6 atom stereocenters. The van der Waals surface area contributed by atoms with Gasteiger partial charge < -0.3 is 33.8 Å². The van der Waals surface area contributed by atoms with Crippen molar-refractivity contribution in [1.29, 1.82) is 0 Å². The van der Waals surface area contributed by atoms with E-state index >= 15 is 0 Å². The highest BCUT2D eigenvalue weighted by molar-refractivity contribution is 7.47. The van der Waals surface area contributed by atoms with E-state index in [2.05, 4.69) is 41.5 Å². The lowest BCUT2D eigenvalue weighted by Gasteiger charge is -2.21. The van der Waals surface area contributed by atoms with Gasteiger partial charge in [0, 0.05) is 25.7 Å². The van der Waals surface area contributed by atoms with Gasteiger partial charge in [-0.1, -0.05) is 388 Å². The first-order valence-electron chi connectivity index (χ1n) is 43.0. The molecule has 17 nitrogen and oxygen atoms in total. The van der Waals surface area contributed by atoms with E-state index in [9.17, 15) is 43.2 Å². The molecule has 0 aliphatic carbocycles. The third-order valence-corrected chi connectivity index (χ3v) is 21.7. The average Bonchev–Trinajstić information content (AvgIpc) is 0.913. The molecule has 0 aromatic carbocycles. The molecule has 19 heteroatoms. The minimum absolute atomic E-state index is 0.106. The molecule has 0 aromatic heterocycles. The zero-order valence-corrected chi connectivity index (χ0v) is 68.7. The number of phosphoric acid groups is 2. The third kappa shape index (κ3) is 74.9. The van der Waals surface area contributed by atoms with Crippen LogP contribution in [0.25, 0.3) is 0 Å². The van der Waals surface area contributed by atoms with E-state index in [0.29, 0.717) is 31.6 Å². The lowest BCUT2D eigenvalue weighted by atomic mass is 9.99. The molecule has 102 heavy (non-hydrogen) atoms. The summed E-state index contributed by atoms with van der Waals surface area (Å²) < 4.78 is 68.8. The molecule has 3 unspecified atom stereocenters. The first kappa shape index (κ1) is 100. The maximum absolute atomic E-state index is 13.1. The molecule has 606 valence electrons. The maximum Gasteiger partial charge on any atom is 0.472 e. The monoisotopic (exact) mass is 1490 g/mol. The van der Waals surface area contributed by atoms with Crippen molar-refractivity contribution in [3.63, 3.8) is 0 Å². The van der Waals surface area contributed by atoms with E-state index in [4.69, 9.17) is 37.0 Å². The number of aliphatic hydroxyl groups is 1. The molecule has 0 aliphatic heterocycles. The summed E-state index contributed by atoms with van der Waals surface area (Å²) >= 11 is 0. The van der Waals surface area contributed by atoms with Crippen LogP contribution in [0.4, 0.5) is 0 Å². The van der Waals surface area contributed by atoms with Gasteiger partial charge in [-0.05, 0) is 37.5 Å². The molecule has 0 rings (SSSR count). The largest absolute Gasteiger partial charge is 0.472 e. The normalized spacial score (nSPS) is 14.1. The molecule has 0 spiro atoms. The number of aliphatic hydroxyl groups excluding tert-OH is 1. The molecule has 0 fully saturated rings. The van der Waals surface area contributed by atoms with Crippen LogP contribution in [0.5, 0.6) is 0 Å². The van der Waals surface area contributed by atoms with Crippen molar-refractivity contribution in [1.82, 2.24) is 0 Å². The molecule has 0 heterocycles. The Balaban J connectivity index is 5.23. The summed E-state index contributed by atoms with van der Waals surface area (Å²) in [6.07, 6.45) is 65.3. The number of hydrogen-bond acceptors (Lipinski definition) is 15. The number of hydrogen-bond donors (Lipinski definition) is 3. The van der Waals surface area contributed by atoms with Crippen LogP contribution in [0, 0.1) is 11.8 Å². The Hall–Kier alpha value is -1.94. The summed E-state index contributed by atoms with van der Waals surface area (Å²) in [4.78, 5) is 73.1. The summed E-state index contributed by atoms with van der Waals surface area (Å²) in [5, 5.41) is 10.7.